The fourth-order valence-corrected chi connectivity index (χ4v) is 2.41. The average Bonchev–Trinajstić information content (AvgIpc) is 2.93. The quantitative estimate of drug-likeness (QED) is 0.816. The normalized spacial score (nSPS) is 21.1. The van der Waals surface area contributed by atoms with Crippen molar-refractivity contribution >= 4 is 12.0 Å². The van der Waals surface area contributed by atoms with Crippen molar-refractivity contribution in [2.45, 2.75) is 18.9 Å². The Hall–Kier alpha value is -2.01. The Balaban J connectivity index is 1.57. The lowest BCUT2D eigenvalue weighted by molar-refractivity contribution is -0.117. The molecular weight excluding hydrogens is 256 g/mol. The molecule has 0 aromatic heterocycles. The number of ether oxygens (including phenoxy) is 2. The van der Waals surface area contributed by atoms with Crippen LogP contribution in [0.5, 0.6) is 11.5 Å². The van der Waals surface area contributed by atoms with E-state index < -0.39 is 0 Å². The first-order valence-corrected chi connectivity index (χ1v) is 6.90. The third-order valence-electron chi connectivity index (χ3n) is 3.47. The van der Waals surface area contributed by atoms with Crippen molar-refractivity contribution in [3.63, 3.8) is 0 Å². The minimum atomic E-state index is -0.0589. The molecule has 1 amide bonds. The maximum absolute atomic E-state index is 11.8. The number of benzene rings is 1. The number of nitrogens with one attached hydrogen (secondary N) is 2. The van der Waals surface area contributed by atoms with Crippen LogP contribution in [-0.4, -0.2) is 31.8 Å². The molecule has 2 aliphatic rings. The highest BCUT2D eigenvalue weighted by molar-refractivity contribution is 5.92. The summed E-state index contributed by atoms with van der Waals surface area (Å²) in [4.78, 5) is 11.8. The molecule has 2 heterocycles. The summed E-state index contributed by atoms with van der Waals surface area (Å²) in [7, 11) is 0. The van der Waals surface area contributed by atoms with Gasteiger partial charge in [0.1, 0.15) is 0 Å². The first kappa shape index (κ1) is 13.0. The number of fused-ring (bicyclic) bond motifs is 1. The Morgan fingerprint density at radius 2 is 2.25 bits per heavy atom. The molecular formula is C15H18N2O3. The molecule has 0 bridgehead atoms. The maximum atomic E-state index is 11.8. The fraction of sp³-hybridized carbons (Fsp3) is 0.400. The largest absolute Gasteiger partial charge is 0.454 e. The summed E-state index contributed by atoms with van der Waals surface area (Å²) in [5.41, 5.74) is 0.922. The molecule has 2 N–H and O–H groups in total. The van der Waals surface area contributed by atoms with Crippen LogP contribution in [-0.2, 0) is 4.79 Å². The van der Waals surface area contributed by atoms with Gasteiger partial charge in [-0.25, -0.2) is 0 Å². The number of carbonyl (C=O) groups excluding carboxylic acids is 1. The molecule has 0 aliphatic carbocycles. The first-order valence-electron chi connectivity index (χ1n) is 6.90. The van der Waals surface area contributed by atoms with Crippen LogP contribution in [0, 0.1) is 0 Å². The SMILES string of the molecule is O=C(/C=C/c1ccc2c(c1)OCO2)N[C@@H]1CCCNC1. The van der Waals surface area contributed by atoms with E-state index in [0.29, 0.717) is 0 Å². The zero-order valence-corrected chi connectivity index (χ0v) is 11.2. The number of piperidine rings is 1. The third-order valence-corrected chi connectivity index (χ3v) is 3.47. The van der Waals surface area contributed by atoms with Gasteiger partial charge in [-0.2, -0.15) is 0 Å². The highest BCUT2D eigenvalue weighted by Crippen LogP contribution is 2.32. The van der Waals surface area contributed by atoms with Gasteiger partial charge in [-0.15, -0.1) is 0 Å². The summed E-state index contributed by atoms with van der Waals surface area (Å²) < 4.78 is 10.5. The Morgan fingerprint density at radius 3 is 3.10 bits per heavy atom. The standard InChI is InChI=1S/C15H18N2O3/c18-15(17-12-2-1-7-16-9-12)6-4-11-3-5-13-14(8-11)20-10-19-13/h3-6,8,12,16H,1-2,7,9-10H2,(H,17,18)/b6-4+/t12-/m1/s1. The van der Waals surface area contributed by atoms with E-state index in [9.17, 15) is 4.79 Å². The number of rotatable bonds is 3. The topological polar surface area (TPSA) is 59.6 Å². The van der Waals surface area contributed by atoms with Crippen molar-refractivity contribution in [1.29, 1.82) is 0 Å². The van der Waals surface area contributed by atoms with Crippen LogP contribution in [0.2, 0.25) is 0 Å². The van der Waals surface area contributed by atoms with E-state index in [0.717, 1.165) is 43.0 Å². The monoisotopic (exact) mass is 274 g/mol. The molecule has 2 aliphatic heterocycles. The highest BCUT2D eigenvalue weighted by atomic mass is 16.7. The molecule has 106 valence electrons. The predicted molar refractivity (Wildman–Crippen MR) is 75.6 cm³/mol. The van der Waals surface area contributed by atoms with Gasteiger partial charge in [0, 0.05) is 18.7 Å². The summed E-state index contributed by atoms with van der Waals surface area (Å²) in [5.74, 6) is 1.42. The predicted octanol–water partition coefficient (Wildman–Crippen LogP) is 1.30. The highest BCUT2D eigenvalue weighted by Gasteiger charge is 2.14. The van der Waals surface area contributed by atoms with Crippen molar-refractivity contribution in [2.75, 3.05) is 19.9 Å². The Morgan fingerprint density at radius 1 is 1.35 bits per heavy atom. The lowest BCUT2D eigenvalue weighted by Crippen LogP contribution is -2.45. The van der Waals surface area contributed by atoms with E-state index in [2.05, 4.69) is 10.6 Å². The second kappa shape index (κ2) is 5.96. The van der Waals surface area contributed by atoms with E-state index in [4.69, 9.17) is 9.47 Å². The van der Waals surface area contributed by atoms with Crippen LogP contribution in [0.15, 0.2) is 24.3 Å². The smallest absolute Gasteiger partial charge is 0.244 e. The second-order valence-corrected chi connectivity index (χ2v) is 5.00. The molecule has 0 unspecified atom stereocenters. The Kier molecular flexibility index (Phi) is 3.87. The van der Waals surface area contributed by atoms with Gasteiger partial charge >= 0.3 is 0 Å². The Bertz CT molecular complexity index is 522. The average molecular weight is 274 g/mol. The number of hydrogen-bond donors (Lipinski definition) is 2. The zero-order chi connectivity index (χ0) is 13.8. The van der Waals surface area contributed by atoms with Gasteiger partial charge in [0.25, 0.3) is 0 Å². The summed E-state index contributed by atoms with van der Waals surface area (Å²) in [5, 5.41) is 6.27. The van der Waals surface area contributed by atoms with Crippen LogP contribution in [0.3, 0.4) is 0 Å². The van der Waals surface area contributed by atoms with Crippen LogP contribution in [0.25, 0.3) is 6.08 Å². The lowest BCUT2D eigenvalue weighted by atomic mass is 10.1. The van der Waals surface area contributed by atoms with Crippen LogP contribution in [0.4, 0.5) is 0 Å². The molecule has 5 heteroatoms. The van der Waals surface area contributed by atoms with Crippen molar-refractivity contribution in [3.05, 3.63) is 29.8 Å². The van der Waals surface area contributed by atoms with E-state index >= 15 is 0 Å². The van der Waals surface area contributed by atoms with Gasteiger partial charge in [-0.3, -0.25) is 4.79 Å². The first-order chi connectivity index (χ1) is 9.81. The van der Waals surface area contributed by atoms with Crippen LogP contribution >= 0.6 is 0 Å². The van der Waals surface area contributed by atoms with Crippen molar-refractivity contribution in [1.82, 2.24) is 10.6 Å². The van der Waals surface area contributed by atoms with Gasteiger partial charge in [0.2, 0.25) is 12.7 Å². The molecule has 0 radical (unpaired) electrons. The molecule has 1 aromatic carbocycles. The molecule has 1 fully saturated rings. The third kappa shape index (κ3) is 3.11. The van der Waals surface area contributed by atoms with E-state index in [1.807, 2.05) is 18.2 Å². The van der Waals surface area contributed by atoms with Gasteiger partial charge in [-0.05, 0) is 43.2 Å². The van der Waals surface area contributed by atoms with Crippen LogP contribution < -0.4 is 20.1 Å². The minimum Gasteiger partial charge on any atom is -0.454 e. The number of hydrogen-bond acceptors (Lipinski definition) is 4. The van der Waals surface area contributed by atoms with Gasteiger partial charge in [-0.1, -0.05) is 6.07 Å². The molecule has 3 rings (SSSR count). The molecule has 5 nitrogen and oxygen atoms in total. The van der Waals surface area contributed by atoms with Gasteiger partial charge < -0.3 is 20.1 Å². The minimum absolute atomic E-state index is 0.0589. The zero-order valence-electron chi connectivity index (χ0n) is 11.2. The van der Waals surface area contributed by atoms with Crippen molar-refractivity contribution in [2.24, 2.45) is 0 Å². The Labute approximate surface area is 118 Å². The van der Waals surface area contributed by atoms with Gasteiger partial charge in [0.15, 0.2) is 11.5 Å². The van der Waals surface area contributed by atoms with Gasteiger partial charge in [0.05, 0.1) is 0 Å². The fourth-order valence-electron chi connectivity index (χ4n) is 2.41. The summed E-state index contributed by atoms with van der Waals surface area (Å²) in [6.07, 6.45) is 5.49. The lowest BCUT2D eigenvalue weighted by Gasteiger charge is -2.23. The van der Waals surface area contributed by atoms with Crippen molar-refractivity contribution in [3.8, 4) is 11.5 Å². The molecule has 1 saturated heterocycles. The second-order valence-electron chi connectivity index (χ2n) is 5.00. The van der Waals surface area contributed by atoms with Crippen molar-refractivity contribution < 1.29 is 14.3 Å². The molecule has 20 heavy (non-hydrogen) atoms. The summed E-state index contributed by atoms with van der Waals surface area (Å²) in [6.45, 7) is 2.15. The molecule has 0 spiro atoms. The molecule has 1 atom stereocenters. The number of amides is 1. The molecule has 1 aromatic rings. The maximum Gasteiger partial charge on any atom is 0.244 e. The summed E-state index contributed by atoms with van der Waals surface area (Å²) in [6, 6.07) is 5.86. The van der Waals surface area contributed by atoms with Crippen LogP contribution in [0.1, 0.15) is 18.4 Å². The van der Waals surface area contributed by atoms with E-state index in [1.54, 1.807) is 12.2 Å². The molecule has 0 saturated carbocycles. The summed E-state index contributed by atoms with van der Waals surface area (Å²) >= 11 is 0. The van der Waals surface area contributed by atoms with E-state index in [1.165, 1.54) is 0 Å². The van der Waals surface area contributed by atoms with E-state index in [-0.39, 0.29) is 18.7 Å². The number of carbonyl (C=O) groups is 1.